The molecule has 194 valence electrons. The SMILES string of the molecule is CCOC(=O)C1=C(C)N=c2s/c(=C\c3cccc(OC)c3O)c(=O)n2C1c1ccc(OC)c(OCC)c1. The van der Waals surface area contributed by atoms with Gasteiger partial charge >= 0.3 is 5.97 Å². The molecule has 37 heavy (non-hydrogen) atoms. The number of rotatable bonds is 8. The molecule has 1 aliphatic rings. The zero-order valence-electron chi connectivity index (χ0n) is 21.2. The standard InChI is InChI=1S/C27H28N2O7S/c1-6-35-20-13-16(11-12-18(20)33-4)23-22(26(32)36-7-2)15(3)28-27-29(23)25(31)21(37-27)14-17-9-8-10-19(34-5)24(17)30/h8-14,23,30H,6-7H2,1-5H3/b21-14-. The van der Waals surface area contributed by atoms with Crippen LogP contribution in [0.15, 0.2) is 57.5 Å². The average Bonchev–Trinajstić information content (AvgIpc) is 3.19. The number of para-hydroxylation sites is 1. The Morgan fingerprint density at radius 3 is 2.54 bits per heavy atom. The van der Waals surface area contributed by atoms with Gasteiger partial charge in [-0.15, -0.1) is 0 Å². The first-order chi connectivity index (χ1) is 17.8. The molecule has 0 saturated carbocycles. The van der Waals surface area contributed by atoms with Gasteiger partial charge in [-0.1, -0.05) is 29.5 Å². The van der Waals surface area contributed by atoms with Crippen LogP contribution in [0.1, 0.15) is 37.9 Å². The molecule has 10 heteroatoms. The summed E-state index contributed by atoms with van der Waals surface area (Å²) in [5.41, 5.74) is 1.41. The quantitative estimate of drug-likeness (QED) is 0.452. The fraction of sp³-hybridized carbons (Fsp3) is 0.296. The van der Waals surface area contributed by atoms with Gasteiger partial charge in [-0.2, -0.15) is 0 Å². The summed E-state index contributed by atoms with van der Waals surface area (Å²) in [5, 5.41) is 10.5. The van der Waals surface area contributed by atoms with Crippen LogP contribution in [0.3, 0.4) is 0 Å². The number of ether oxygens (including phenoxy) is 4. The molecular weight excluding hydrogens is 496 g/mol. The van der Waals surface area contributed by atoms with E-state index in [1.54, 1.807) is 63.4 Å². The van der Waals surface area contributed by atoms with Crippen LogP contribution in [-0.2, 0) is 9.53 Å². The Kier molecular flexibility index (Phi) is 7.68. The van der Waals surface area contributed by atoms with Crippen molar-refractivity contribution in [2.45, 2.75) is 26.8 Å². The molecular formula is C27H28N2O7S. The Bertz CT molecular complexity index is 1550. The van der Waals surface area contributed by atoms with Crippen molar-refractivity contribution in [2.75, 3.05) is 27.4 Å². The van der Waals surface area contributed by atoms with E-state index in [4.69, 9.17) is 18.9 Å². The second-order valence-corrected chi connectivity index (χ2v) is 9.05. The fourth-order valence-electron chi connectivity index (χ4n) is 4.20. The number of allylic oxidation sites excluding steroid dienone is 1. The number of phenols is 1. The van der Waals surface area contributed by atoms with E-state index in [0.717, 1.165) is 11.3 Å². The summed E-state index contributed by atoms with van der Waals surface area (Å²) < 4.78 is 23.5. The van der Waals surface area contributed by atoms with Gasteiger partial charge in [0.05, 0.1) is 49.3 Å². The molecule has 1 atom stereocenters. The Morgan fingerprint density at radius 1 is 1.11 bits per heavy atom. The third-order valence-electron chi connectivity index (χ3n) is 5.86. The van der Waals surface area contributed by atoms with Gasteiger partial charge < -0.3 is 24.1 Å². The first-order valence-electron chi connectivity index (χ1n) is 11.7. The van der Waals surface area contributed by atoms with E-state index in [0.29, 0.717) is 50.0 Å². The molecule has 0 amide bonds. The first kappa shape index (κ1) is 26.0. The number of fused-ring (bicyclic) bond motifs is 1. The van der Waals surface area contributed by atoms with Gasteiger partial charge in [-0.05, 0) is 50.6 Å². The highest BCUT2D eigenvalue weighted by Crippen LogP contribution is 2.36. The first-order valence-corrected chi connectivity index (χ1v) is 12.5. The van der Waals surface area contributed by atoms with Crippen LogP contribution in [-0.4, -0.2) is 43.1 Å². The monoisotopic (exact) mass is 524 g/mol. The van der Waals surface area contributed by atoms with Crippen molar-refractivity contribution in [1.29, 1.82) is 0 Å². The van der Waals surface area contributed by atoms with Crippen molar-refractivity contribution in [2.24, 2.45) is 4.99 Å². The van der Waals surface area contributed by atoms with Crippen molar-refractivity contribution in [3.63, 3.8) is 0 Å². The number of aromatic hydroxyl groups is 1. The summed E-state index contributed by atoms with van der Waals surface area (Å²) in [6.07, 6.45) is 1.59. The number of nitrogens with zero attached hydrogens (tertiary/aromatic N) is 2. The molecule has 0 spiro atoms. The van der Waals surface area contributed by atoms with Gasteiger partial charge in [0, 0.05) is 5.56 Å². The van der Waals surface area contributed by atoms with Crippen molar-refractivity contribution in [3.05, 3.63) is 78.5 Å². The maximum Gasteiger partial charge on any atom is 0.338 e. The number of thiazole rings is 1. The molecule has 0 bridgehead atoms. The predicted molar refractivity (Wildman–Crippen MR) is 139 cm³/mol. The second kappa shape index (κ2) is 10.9. The number of methoxy groups -OCH3 is 2. The lowest BCUT2D eigenvalue weighted by atomic mass is 9.95. The molecule has 2 aromatic carbocycles. The molecule has 0 saturated heterocycles. The Hall–Kier alpha value is -4.05. The molecule has 1 aliphatic heterocycles. The van der Waals surface area contributed by atoms with E-state index in [2.05, 4.69) is 4.99 Å². The van der Waals surface area contributed by atoms with Gasteiger partial charge in [-0.3, -0.25) is 9.36 Å². The van der Waals surface area contributed by atoms with Crippen LogP contribution in [0, 0.1) is 0 Å². The number of aromatic nitrogens is 1. The van der Waals surface area contributed by atoms with Gasteiger partial charge in [0.15, 0.2) is 27.8 Å². The van der Waals surface area contributed by atoms with Crippen LogP contribution >= 0.6 is 11.3 Å². The molecule has 0 fully saturated rings. The van der Waals surface area contributed by atoms with Gasteiger partial charge in [0.1, 0.15) is 0 Å². The average molecular weight is 525 g/mol. The summed E-state index contributed by atoms with van der Waals surface area (Å²) in [6.45, 7) is 5.88. The highest BCUT2D eigenvalue weighted by atomic mass is 32.1. The van der Waals surface area contributed by atoms with E-state index in [9.17, 15) is 14.7 Å². The van der Waals surface area contributed by atoms with Crippen LogP contribution in [0.25, 0.3) is 6.08 Å². The number of benzene rings is 2. The van der Waals surface area contributed by atoms with Crippen molar-refractivity contribution < 1.29 is 28.8 Å². The number of hydrogen-bond acceptors (Lipinski definition) is 9. The zero-order chi connectivity index (χ0) is 26.7. The third-order valence-corrected chi connectivity index (χ3v) is 6.84. The minimum atomic E-state index is -0.804. The predicted octanol–water partition coefficient (Wildman–Crippen LogP) is 2.92. The second-order valence-electron chi connectivity index (χ2n) is 8.04. The van der Waals surface area contributed by atoms with Crippen molar-refractivity contribution in [1.82, 2.24) is 4.57 Å². The fourth-order valence-corrected chi connectivity index (χ4v) is 5.24. The number of carbonyl (C=O) groups excluding carboxylic acids is 1. The highest BCUT2D eigenvalue weighted by Gasteiger charge is 2.34. The molecule has 1 aromatic heterocycles. The van der Waals surface area contributed by atoms with Gasteiger partial charge in [0.25, 0.3) is 5.56 Å². The zero-order valence-corrected chi connectivity index (χ0v) is 22.0. The Labute approximate surface area is 217 Å². The van der Waals surface area contributed by atoms with Gasteiger partial charge in [0.2, 0.25) is 0 Å². The number of carbonyl (C=O) groups is 1. The molecule has 9 nitrogen and oxygen atoms in total. The molecule has 0 aliphatic carbocycles. The van der Waals surface area contributed by atoms with Crippen molar-refractivity contribution in [3.8, 4) is 23.0 Å². The maximum absolute atomic E-state index is 13.8. The minimum Gasteiger partial charge on any atom is -0.504 e. The molecule has 3 aromatic rings. The summed E-state index contributed by atoms with van der Waals surface area (Å²) in [4.78, 5) is 31.9. The lowest BCUT2D eigenvalue weighted by Gasteiger charge is -2.25. The Balaban J connectivity index is 1.98. The summed E-state index contributed by atoms with van der Waals surface area (Å²) in [5.74, 6) is 0.685. The smallest absolute Gasteiger partial charge is 0.338 e. The van der Waals surface area contributed by atoms with Crippen LogP contribution < -0.4 is 29.1 Å². The highest BCUT2D eigenvalue weighted by molar-refractivity contribution is 7.07. The van der Waals surface area contributed by atoms with Crippen LogP contribution in [0.5, 0.6) is 23.0 Å². The number of esters is 1. The normalized spacial score (nSPS) is 15.2. The molecule has 1 N–H and O–H groups in total. The van der Waals surface area contributed by atoms with Gasteiger partial charge in [-0.25, -0.2) is 9.79 Å². The van der Waals surface area contributed by atoms with E-state index in [1.807, 2.05) is 6.92 Å². The topological polar surface area (TPSA) is 109 Å². The molecule has 4 rings (SSSR count). The summed E-state index contributed by atoms with van der Waals surface area (Å²) in [6, 6.07) is 9.51. The largest absolute Gasteiger partial charge is 0.504 e. The molecule has 1 unspecified atom stereocenters. The van der Waals surface area contributed by atoms with Crippen molar-refractivity contribution >= 4 is 23.4 Å². The van der Waals surface area contributed by atoms with Crippen LogP contribution in [0.4, 0.5) is 0 Å². The van der Waals surface area contributed by atoms with E-state index < -0.39 is 12.0 Å². The molecule has 0 radical (unpaired) electrons. The minimum absolute atomic E-state index is 0.0766. The lowest BCUT2D eigenvalue weighted by molar-refractivity contribution is -0.139. The Morgan fingerprint density at radius 2 is 1.86 bits per heavy atom. The van der Waals surface area contributed by atoms with E-state index in [-0.39, 0.29) is 23.5 Å². The number of hydrogen-bond donors (Lipinski definition) is 1. The number of phenolic OH excluding ortho intramolecular Hbond substituents is 1. The molecule has 2 heterocycles. The summed E-state index contributed by atoms with van der Waals surface area (Å²) in [7, 11) is 3.00. The maximum atomic E-state index is 13.8. The van der Waals surface area contributed by atoms with E-state index in [1.165, 1.54) is 11.7 Å². The van der Waals surface area contributed by atoms with E-state index >= 15 is 0 Å². The van der Waals surface area contributed by atoms with Crippen LogP contribution in [0.2, 0.25) is 0 Å². The third kappa shape index (κ3) is 4.84. The lowest BCUT2D eigenvalue weighted by Crippen LogP contribution is -2.40. The summed E-state index contributed by atoms with van der Waals surface area (Å²) >= 11 is 1.16.